The molecule has 1 unspecified atom stereocenters. The van der Waals surface area contributed by atoms with Crippen LogP contribution in [0.25, 0.3) is 0 Å². The standard InChI is InChI=1S/C11H21NO5/c1-2-3-4-5-10(14)16-7-9(13)8-17-11(15)6-12/h9,13H,2-8,12H2,1H3. The molecule has 0 aromatic carbocycles. The molecule has 6 heteroatoms. The Morgan fingerprint density at radius 2 is 1.76 bits per heavy atom. The van der Waals surface area contributed by atoms with Crippen LogP contribution in [0.4, 0.5) is 0 Å². The number of carbonyl (C=O) groups excluding carboxylic acids is 2. The number of esters is 2. The monoisotopic (exact) mass is 247 g/mol. The molecule has 0 saturated heterocycles. The van der Waals surface area contributed by atoms with Gasteiger partial charge in [-0.3, -0.25) is 9.59 Å². The second kappa shape index (κ2) is 10.0. The van der Waals surface area contributed by atoms with Crippen LogP contribution in [0.1, 0.15) is 32.6 Å². The number of hydrogen-bond acceptors (Lipinski definition) is 6. The SMILES string of the molecule is CCCCCC(=O)OCC(O)COC(=O)CN. The van der Waals surface area contributed by atoms with E-state index in [1.165, 1.54) is 0 Å². The maximum absolute atomic E-state index is 11.2. The van der Waals surface area contributed by atoms with Crippen molar-refractivity contribution < 1.29 is 24.2 Å². The van der Waals surface area contributed by atoms with E-state index in [0.29, 0.717) is 6.42 Å². The summed E-state index contributed by atoms with van der Waals surface area (Å²) in [6, 6.07) is 0. The average Bonchev–Trinajstić information content (AvgIpc) is 2.33. The van der Waals surface area contributed by atoms with E-state index in [-0.39, 0.29) is 25.7 Å². The summed E-state index contributed by atoms with van der Waals surface area (Å²) < 4.78 is 9.38. The quantitative estimate of drug-likeness (QED) is 0.438. The molecular formula is C11H21NO5. The summed E-state index contributed by atoms with van der Waals surface area (Å²) in [5.74, 6) is -0.944. The number of unbranched alkanes of at least 4 members (excludes halogenated alkanes) is 2. The number of carbonyl (C=O) groups is 2. The normalized spacial score (nSPS) is 11.9. The van der Waals surface area contributed by atoms with Gasteiger partial charge in [0.15, 0.2) is 0 Å². The fraction of sp³-hybridized carbons (Fsp3) is 0.818. The van der Waals surface area contributed by atoms with Crippen LogP contribution < -0.4 is 5.73 Å². The lowest BCUT2D eigenvalue weighted by Gasteiger charge is -2.11. The zero-order chi connectivity index (χ0) is 13.1. The molecule has 0 aliphatic rings. The van der Waals surface area contributed by atoms with Crippen LogP contribution in [-0.2, 0) is 19.1 Å². The lowest BCUT2D eigenvalue weighted by Crippen LogP contribution is -2.27. The minimum absolute atomic E-state index is 0.164. The molecule has 0 fully saturated rings. The number of aliphatic hydroxyl groups is 1. The van der Waals surface area contributed by atoms with Crippen LogP contribution in [0.5, 0.6) is 0 Å². The molecule has 0 aliphatic heterocycles. The van der Waals surface area contributed by atoms with Crippen molar-refractivity contribution in [2.45, 2.75) is 38.7 Å². The van der Waals surface area contributed by atoms with Crippen molar-refractivity contribution >= 4 is 11.9 Å². The summed E-state index contributed by atoms with van der Waals surface area (Å²) >= 11 is 0. The van der Waals surface area contributed by atoms with Gasteiger partial charge in [-0.25, -0.2) is 0 Å². The number of nitrogens with two attached hydrogens (primary N) is 1. The molecule has 100 valence electrons. The third kappa shape index (κ3) is 9.77. The third-order valence-electron chi connectivity index (χ3n) is 2.02. The topological polar surface area (TPSA) is 98.9 Å². The van der Waals surface area contributed by atoms with Gasteiger partial charge in [0, 0.05) is 6.42 Å². The highest BCUT2D eigenvalue weighted by Gasteiger charge is 2.10. The maximum Gasteiger partial charge on any atom is 0.319 e. The Bertz CT molecular complexity index is 232. The number of ether oxygens (including phenoxy) is 2. The smallest absolute Gasteiger partial charge is 0.319 e. The Kier molecular flexibility index (Phi) is 9.37. The molecule has 0 bridgehead atoms. The van der Waals surface area contributed by atoms with Crippen LogP contribution in [0.15, 0.2) is 0 Å². The number of rotatable bonds is 9. The summed E-state index contributed by atoms with van der Waals surface area (Å²) in [6.45, 7) is 1.44. The lowest BCUT2D eigenvalue weighted by atomic mass is 10.2. The molecule has 17 heavy (non-hydrogen) atoms. The van der Waals surface area contributed by atoms with Gasteiger partial charge in [0.1, 0.15) is 19.3 Å². The van der Waals surface area contributed by atoms with Crippen LogP contribution in [-0.4, -0.2) is 42.9 Å². The first-order chi connectivity index (χ1) is 8.10. The van der Waals surface area contributed by atoms with Gasteiger partial charge in [-0.1, -0.05) is 19.8 Å². The van der Waals surface area contributed by atoms with Gasteiger partial charge in [-0.15, -0.1) is 0 Å². The first-order valence-corrected chi connectivity index (χ1v) is 5.79. The van der Waals surface area contributed by atoms with Crippen molar-refractivity contribution in [3.63, 3.8) is 0 Å². The summed E-state index contributed by atoms with van der Waals surface area (Å²) in [5, 5.41) is 9.32. The van der Waals surface area contributed by atoms with E-state index in [2.05, 4.69) is 4.74 Å². The van der Waals surface area contributed by atoms with Crippen LogP contribution in [0.3, 0.4) is 0 Å². The summed E-state index contributed by atoms with van der Waals surface area (Å²) in [5.41, 5.74) is 5.01. The van der Waals surface area contributed by atoms with Gasteiger partial charge < -0.3 is 20.3 Å². The molecule has 0 saturated carbocycles. The second-order valence-corrected chi connectivity index (χ2v) is 3.68. The van der Waals surface area contributed by atoms with E-state index >= 15 is 0 Å². The van der Waals surface area contributed by atoms with Crippen molar-refractivity contribution in [1.82, 2.24) is 0 Å². The molecule has 0 aromatic heterocycles. The van der Waals surface area contributed by atoms with Gasteiger partial charge in [0.2, 0.25) is 0 Å². The Labute approximate surface area is 101 Å². The Morgan fingerprint density at radius 3 is 2.29 bits per heavy atom. The van der Waals surface area contributed by atoms with Crippen molar-refractivity contribution in [1.29, 1.82) is 0 Å². The maximum atomic E-state index is 11.2. The zero-order valence-electron chi connectivity index (χ0n) is 10.2. The predicted molar refractivity (Wildman–Crippen MR) is 61.1 cm³/mol. The van der Waals surface area contributed by atoms with Crippen molar-refractivity contribution in [2.24, 2.45) is 5.73 Å². The van der Waals surface area contributed by atoms with Crippen molar-refractivity contribution in [3.8, 4) is 0 Å². The molecule has 3 N–H and O–H groups in total. The molecule has 0 rings (SSSR count). The summed E-state index contributed by atoms with van der Waals surface area (Å²) in [6.07, 6.45) is 2.15. The fourth-order valence-corrected chi connectivity index (χ4v) is 1.08. The van der Waals surface area contributed by atoms with Gasteiger partial charge in [0.05, 0.1) is 6.54 Å². The molecule has 6 nitrogen and oxygen atoms in total. The van der Waals surface area contributed by atoms with Gasteiger partial charge in [-0.05, 0) is 6.42 Å². The van der Waals surface area contributed by atoms with Gasteiger partial charge in [-0.2, -0.15) is 0 Å². The van der Waals surface area contributed by atoms with E-state index in [0.717, 1.165) is 19.3 Å². The van der Waals surface area contributed by atoms with Crippen molar-refractivity contribution in [3.05, 3.63) is 0 Å². The average molecular weight is 247 g/mol. The highest BCUT2D eigenvalue weighted by atomic mass is 16.6. The minimum Gasteiger partial charge on any atom is -0.463 e. The Morgan fingerprint density at radius 1 is 1.18 bits per heavy atom. The molecule has 0 amide bonds. The number of hydrogen-bond donors (Lipinski definition) is 2. The molecule has 0 aliphatic carbocycles. The first kappa shape index (κ1) is 15.9. The van der Waals surface area contributed by atoms with Crippen molar-refractivity contribution in [2.75, 3.05) is 19.8 Å². The van der Waals surface area contributed by atoms with E-state index in [1.54, 1.807) is 0 Å². The Balaban J connectivity index is 3.51. The summed E-state index contributed by atoms with van der Waals surface area (Å²) in [4.78, 5) is 21.8. The lowest BCUT2D eigenvalue weighted by molar-refractivity contribution is -0.151. The van der Waals surface area contributed by atoms with Crippen LogP contribution >= 0.6 is 0 Å². The van der Waals surface area contributed by atoms with E-state index < -0.39 is 12.1 Å². The fourth-order valence-electron chi connectivity index (χ4n) is 1.08. The highest BCUT2D eigenvalue weighted by molar-refractivity contribution is 5.71. The minimum atomic E-state index is -0.999. The molecule has 0 aromatic rings. The van der Waals surface area contributed by atoms with Crippen LogP contribution in [0.2, 0.25) is 0 Å². The highest BCUT2D eigenvalue weighted by Crippen LogP contribution is 2.01. The Hall–Kier alpha value is -1.14. The first-order valence-electron chi connectivity index (χ1n) is 5.79. The zero-order valence-corrected chi connectivity index (χ0v) is 10.2. The molecule has 0 heterocycles. The van der Waals surface area contributed by atoms with Crippen LogP contribution in [0, 0.1) is 0 Å². The largest absolute Gasteiger partial charge is 0.463 e. The summed E-state index contributed by atoms with van der Waals surface area (Å²) in [7, 11) is 0. The third-order valence-corrected chi connectivity index (χ3v) is 2.02. The van der Waals surface area contributed by atoms with E-state index in [9.17, 15) is 14.7 Å². The molecular weight excluding hydrogens is 226 g/mol. The van der Waals surface area contributed by atoms with Gasteiger partial charge >= 0.3 is 11.9 Å². The molecule has 0 radical (unpaired) electrons. The molecule has 0 spiro atoms. The van der Waals surface area contributed by atoms with E-state index in [4.69, 9.17) is 10.5 Å². The number of aliphatic hydroxyl groups excluding tert-OH is 1. The molecule has 1 atom stereocenters. The second-order valence-electron chi connectivity index (χ2n) is 3.68. The predicted octanol–water partition coefficient (Wildman–Crippen LogP) is -0.0273. The van der Waals surface area contributed by atoms with E-state index in [1.807, 2.05) is 6.92 Å². The van der Waals surface area contributed by atoms with Gasteiger partial charge in [0.25, 0.3) is 0 Å².